The van der Waals surface area contributed by atoms with Gasteiger partial charge in [0.2, 0.25) is 5.82 Å². The topological polar surface area (TPSA) is 69.5 Å². The Morgan fingerprint density at radius 3 is 3.06 bits per heavy atom. The second kappa shape index (κ2) is 4.15. The van der Waals surface area contributed by atoms with Gasteiger partial charge in [-0.2, -0.15) is 5.26 Å². The molecule has 2 rings (SSSR count). The second-order valence-electron chi connectivity index (χ2n) is 3.60. The van der Waals surface area contributed by atoms with Gasteiger partial charge in [0.25, 0.3) is 0 Å². The van der Waals surface area contributed by atoms with Crippen molar-refractivity contribution in [2.75, 3.05) is 0 Å². The highest BCUT2D eigenvalue weighted by Crippen LogP contribution is 2.15. The van der Waals surface area contributed by atoms with Crippen molar-refractivity contribution in [3.63, 3.8) is 0 Å². The molecule has 1 aromatic heterocycles. The van der Waals surface area contributed by atoms with E-state index in [-0.39, 0.29) is 11.6 Å². The Morgan fingerprint density at radius 2 is 2.38 bits per heavy atom. The molecule has 2 aromatic rings. The summed E-state index contributed by atoms with van der Waals surface area (Å²) in [5.41, 5.74) is 2.12. The molecule has 0 saturated heterocycles. The molecular formula is C12H11N3O. The van der Waals surface area contributed by atoms with E-state index < -0.39 is 0 Å². The second-order valence-corrected chi connectivity index (χ2v) is 3.60. The van der Waals surface area contributed by atoms with Gasteiger partial charge in [-0.3, -0.25) is 4.79 Å². The fourth-order valence-electron chi connectivity index (χ4n) is 1.61. The van der Waals surface area contributed by atoms with Gasteiger partial charge in [0.15, 0.2) is 5.78 Å². The Balaban J connectivity index is 2.44. The van der Waals surface area contributed by atoms with Crippen molar-refractivity contribution >= 4 is 16.8 Å². The number of aromatic nitrogens is 2. The van der Waals surface area contributed by atoms with E-state index in [0.29, 0.717) is 17.5 Å². The van der Waals surface area contributed by atoms with Crippen LogP contribution >= 0.6 is 0 Å². The zero-order valence-corrected chi connectivity index (χ0v) is 8.95. The number of rotatable bonds is 3. The molecule has 80 valence electrons. The molecule has 4 nitrogen and oxygen atoms in total. The standard InChI is InChI=1S/C12H11N3O/c1-2-3-11(16)8-4-5-9-10(6-8)15-12(7-13)14-9/h4-6H,2-3H2,1H3,(H,14,15). The van der Waals surface area contributed by atoms with Crippen LogP contribution in [0.1, 0.15) is 35.9 Å². The number of aromatic amines is 1. The molecule has 0 aliphatic rings. The van der Waals surface area contributed by atoms with Crippen molar-refractivity contribution in [2.45, 2.75) is 19.8 Å². The van der Waals surface area contributed by atoms with Crippen LogP contribution < -0.4 is 0 Å². The minimum Gasteiger partial charge on any atom is -0.329 e. The molecule has 1 heterocycles. The molecule has 16 heavy (non-hydrogen) atoms. The van der Waals surface area contributed by atoms with E-state index >= 15 is 0 Å². The third-order valence-electron chi connectivity index (χ3n) is 2.39. The fourth-order valence-corrected chi connectivity index (χ4v) is 1.61. The van der Waals surface area contributed by atoms with Crippen molar-refractivity contribution in [3.8, 4) is 6.07 Å². The third-order valence-corrected chi connectivity index (χ3v) is 2.39. The zero-order chi connectivity index (χ0) is 11.5. The lowest BCUT2D eigenvalue weighted by molar-refractivity contribution is 0.0982. The van der Waals surface area contributed by atoms with Crippen molar-refractivity contribution in [3.05, 3.63) is 29.6 Å². The van der Waals surface area contributed by atoms with Gasteiger partial charge < -0.3 is 4.98 Å². The van der Waals surface area contributed by atoms with Gasteiger partial charge in [-0.1, -0.05) is 6.92 Å². The van der Waals surface area contributed by atoms with Gasteiger partial charge >= 0.3 is 0 Å². The molecule has 0 aliphatic carbocycles. The van der Waals surface area contributed by atoms with Crippen LogP contribution in [0.25, 0.3) is 11.0 Å². The number of H-pyrrole nitrogens is 1. The average molecular weight is 213 g/mol. The number of fused-ring (bicyclic) bond motifs is 1. The molecule has 0 bridgehead atoms. The Hall–Kier alpha value is -2.15. The molecule has 0 saturated carbocycles. The molecule has 4 heteroatoms. The Bertz CT molecular complexity index is 577. The number of carbonyl (C=O) groups is 1. The number of ketones is 1. The lowest BCUT2D eigenvalue weighted by Gasteiger charge is -1.98. The summed E-state index contributed by atoms with van der Waals surface area (Å²) in [5, 5.41) is 8.69. The Morgan fingerprint density at radius 1 is 1.56 bits per heavy atom. The first-order chi connectivity index (χ1) is 7.74. The quantitative estimate of drug-likeness (QED) is 0.796. The maximum absolute atomic E-state index is 11.7. The number of Topliss-reactive ketones (excluding diaryl/α,β-unsaturated/α-hetero) is 1. The molecule has 0 unspecified atom stereocenters. The van der Waals surface area contributed by atoms with Crippen LogP contribution in [0, 0.1) is 11.3 Å². The lowest BCUT2D eigenvalue weighted by atomic mass is 10.1. The van der Waals surface area contributed by atoms with Crippen LogP contribution in [0.5, 0.6) is 0 Å². The van der Waals surface area contributed by atoms with Crippen molar-refractivity contribution < 1.29 is 4.79 Å². The highest BCUT2D eigenvalue weighted by atomic mass is 16.1. The number of nitrogens with zero attached hydrogens (tertiary/aromatic N) is 2. The predicted octanol–water partition coefficient (Wildman–Crippen LogP) is 2.42. The van der Waals surface area contributed by atoms with Crippen molar-refractivity contribution in [2.24, 2.45) is 0 Å². The molecule has 0 amide bonds. The normalized spacial score (nSPS) is 10.2. The first-order valence-electron chi connectivity index (χ1n) is 5.17. The molecule has 1 N–H and O–H groups in total. The van der Waals surface area contributed by atoms with Crippen molar-refractivity contribution in [1.82, 2.24) is 9.97 Å². The van der Waals surface area contributed by atoms with Crippen LogP contribution in [-0.4, -0.2) is 15.8 Å². The largest absolute Gasteiger partial charge is 0.329 e. The number of imidazole rings is 1. The number of nitrogens with one attached hydrogen (secondary N) is 1. The molecular weight excluding hydrogens is 202 g/mol. The van der Waals surface area contributed by atoms with E-state index in [0.717, 1.165) is 11.9 Å². The highest BCUT2D eigenvalue weighted by molar-refractivity contribution is 5.98. The van der Waals surface area contributed by atoms with E-state index in [9.17, 15) is 4.79 Å². The summed E-state index contributed by atoms with van der Waals surface area (Å²) in [7, 11) is 0. The van der Waals surface area contributed by atoms with Crippen LogP contribution in [0.3, 0.4) is 0 Å². The van der Waals surface area contributed by atoms with Gasteiger partial charge in [-0.05, 0) is 24.6 Å². The maximum Gasteiger partial charge on any atom is 0.211 e. The minimum atomic E-state index is 0.123. The van der Waals surface area contributed by atoms with E-state index in [1.807, 2.05) is 13.0 Å². The SMILES string of the molecule is CCCC(=O)c1ccc2nc(C#N)[nH]c2c1. The molecule has 0 radical (unpaired) electrons. The zero-order valence-electron chi connectivity index (χ0n) is 8.95. The summed E-state index contributed by atoms with van der Waals surface area (Å²) in [5.74, 6) is 0.396. The first kappa shape index (κ1) is 10.4. The molecule has 0 atom stereocenters. The van der Waals surface area contributed by atoms with Crippen molar-refractivity contribution in [1.29, 1.82) is 5.26 Å². The van der Waals surface area contributed by atoms with E-state index in [1.54, 1.807) is 18.2 Å². The smallest absolute Gasteiger partial charge is 0.211 e. The average Bonchev–Trinajstić information content (AvgIpc) is 2.70. The predicted molar refractivity (Wildman–Crippen MR) is 60.0 cm³/mol. The highest BCUT2D eigenvalue weighted by Gasteiger charge is 2.07. The van der Waals surface area contributed by atoms with E-state index in [2.05, 4.69) is 9.97 Å². The summed E-state index contributed by atoms with van der Waals surface area (Å²) in [4.78, 5) is 18.6. The number of carbonyl (C=O) groups excluding carboxylic acids is 1. The number of hydrogen-bond acceptors (Lipinski definition) is 3. The van der Waals surface area contributed by atoms with Crippen LogP contribution in [0.4, 0.5) is 0 Å². The van der Waals surface area contributed by atoms with E-state index in [4.69, 9.17) is 5.26 Å². The summed E-state index contributed by atoms with van der Waals surface area (Å²) in [6.45, 7) is 1.97. The first-order valence-corrected chi connectivity index (χ1v) is 5.17. The Labute approximate surface area is 92.9 Å². The summed E-state index contributed by atoms with van der Waals surface area (Å²) >= 11 is 0. The molecule has 0 aliphatic heterocycles. The number of nitriles is 1. The lowest BCUT2D eigenvalue weighted by Crippen LogP contribution is -1.97. The maximum atomic E-state index is 11.7. The molecule has 0 spiro atoms. The van der Waals surface area contributed by atoms with Gasteiger partial charge in [-0.25, -0.2) is 4.98 Å². The molecule has 1 aromatic carbocycles. The van der Waals surface area contributed by atoms with Gasteiger partial charge in [0, 0.05) is 12.0 Å². The monoisotopic (exact) mass is 213 g/mol. The number of benzene rings is 1. The van der Waals surface area contributed by atoms with Crippen LogP contribution in [0.2, 0.25) is 0 Å². The number of hydrogen-bond donors (Lipinski definition) is 1. The van der Waals surface area contributed by atoms with Gasteiger partial charge in [0.1, 0.15) is 6.07 Å². The van der Waals surface area contributed by atoms with Gasteiger partial charge in [-0.15, -0.1) is 0 Å². The third kappa shape index (κ3) is 1.80. The minimum absolute atomic E-state index is 0.123. The fraction of sp³-hybridized carbons (Fsp3) is 0.250. The Kier molecular flexibility index (Phi) is 2.69. The molecule has 0 fully saturated rings. The van der Waals surface area contributed by atoms with Gasteiger partial charge in [0.05, 0.1) is 11.0 Å². The summed E-state index contributed by atoms with van der Waals surface area (Å²) in [6.07, 6.45) is 1.38. The van der Waals surface area contributed by atoms with Crippen LogP contribution in [-0.2, 0) is 0 Å². The van der Waals surface area contributed by atoms with E-state index in [1.165, 1.54) is 0 Å². The van der Waals surface area contributed by atoms with Crippen LogP contribution in [0.15, 0.2) is 18.2 Å². The summed E-state index contributed by atoms with van der Waals surface area (Å²) < 4.78 is 0. The summed E-state index contributed by atoms with van der Waals surface area (Å²) in [6, 6.07) is 7.20.